The van der Waals surface area contributed by atoms with E-state index in [9.17, 15) is 4.79 Å². The molecule has 0 atom stereocenters. The lowest BCUT2D eigenvalue weighted by molar-refractivity contribution is -0.129. The molecular formula is C14H19BrN2O. The lowest BCUT2D eigenvalue weighted by atomic mass is 10.2. The van der Waals surface area contributed by atoms with Crippen molar-refractivity contribution in [1.29, 1.82) is 0 Å². The molecule has 1 aliphatic heterocycles. The van der Waals surface area contributed by atoms with Gasteiger partial charge < -0.3 is 10.2 Å². The molecule has 1 saturated heterocycles. The van der Waals surface area contributed by atoms with Crippen molar-refractivity contribution in [1.82, 2.24) is 4.90 Å². The van der Waals surface area contributed by atoms with E-state index >= 15 is 0 Å². The van der Waals surface area contributed by atoms with Crippen molar-refractivity contribution in [3.05, 3.63) is 28.2 Å². The zero-order chi connectivity index (χ0) is 13.0. The number of hydrogen-bond donors (Lipinski definition) is 1. The van der Waals surface area contributed by atoms with E-state index in [1.165, 1.54) is 5.56 Å². The molecule has 1 aromatic rings. The van der Waals surface area contributed by atoms with Gasteiger partial charge in [-0.05, 0) is 43.5 Å². The molecule has 0 aliphatic carbocycles. The first-order chi connectivity index (χ1) is 8.66. The molecule has 0 unspecified atom stereocenters. The van der Waals surface area contributed by atoms with E-state index in [0.29, 0.717) is 13.0 Å². The molecule has 0 aromatic heterocycles. The molecule has 1 N–H and O–H groups in total. The Labute approximate surface area is 117 Å². The van der Waals surface area contributed by atoms with Gasteiger partial charge in [0.15, 0.2) is 0 Å². The van der Waals surface area contributed by atoms with Gasteiger partial charge in [-0.15, -0.1) is 0 Å². The van der Waals surface area contributed by atoms with Crippen molar-refractivity contribution < 1.29 is 4.79 Å². The minimum absolute atomic E-state index is 0.273. The van der Waals surface area contributed by atoms with E-state index in [0.717, 1.165) is 36.1 Å². The Morgan fingerprint density at radius 3 is 2.78 bits per heavy atom. The summed E-state index contributed by atoms with van der Waals surface area (Å²) < 4.78 is 1.08. The molecule has 18 heavy (non-hydrogen) atoms. The fourth-order valence-corrected chi connectivity index (χ4v) is 2.73. The maximum atomic E-state index is 11.9. The number of carbonyl (C=O) groups is 1. The maximum Gasteiger partial charge on any atom is 0.224 e. The van der Waals surface area contributed by atoms with Gasteiger partial charge in [0, 0.05) is 36.2 Å². The molecule has 1 heterocycles. The van der Waals surface area contributed by atoms with Crippen LogP contribution in [0.4, 0.5) is 5.69 Å². The molecule has 0 bridgehead atoms. The summed E-state index contributed by atoms with van der Waals surface area (Å²) in [6, 6.07) is 6.13. The van der Waals surface area contributed by atoms with Gasteiger partial charge in [0.2, 0.25) is 5.91 Å². The Morgan fingerprint density at radius 1 is 1.39 bits per heavy atom. The average Bonchev–Trinajstić information content (AvgIpc) is 2.85. The van der Waals surface area contributed by atoms with Crippen LogP contribution in [0.15, 0.2) is 22.7 Å². The lowest BCUT2D eigenvalue weighted by Crippen LogP contribution is -2.29. The second-order valence-electron chi connectivity index (χ2n) is 4.72. The molecule has 1 aromatic carbocycles. The van der Waals surface area contributed by atoms with Crippen LogP contribution in [-0.4, -0.2) is 30.4 Å². The van der Waals surface area contributed by atoms with E-state index in [1.54, 1.807) is 0 Å². The van der Waals surface area contributed by atoms with Crippen molar-refractivity contribution in [2.45, 2.75) is 26.2 Å². The third-order valence-corrected chi connectivity index (χ3v) is 3.79. The van der Waals surface area contributed by atoms with Crippen LogP contribution in [0.3, 0.4) is 0 Å². The predicted octanol–water partition coefficient (Wildman–Crippen LogP) is 3.18. The van der Waals surface area contributed by atoms with E-state index in [-0.39, 0.29) is 5.91 Å². The van der Waals surface area contributed by atoms with Gasteiger partial charge >= 0.3 is 0 Å². The van der Waals surface area contributed by atoms with E-state index < -0.39 is 0 Å². The molecule has 0 radical (unpaired) electrons. The molecule has 1 aliphatic rings. The fraction of sp³-hybridized carbons (Fsp3) is 0.500. The van der Waals surface area contributed by atoms with Gasteiger partial charge in [-0.1, -0.05) is 15.9 Å². The largest absolute Gasteiger partial charge is 0.384 e. The summed E-state index contributed by atoms with van der Waals surface area (Å²) in [5.41, 5.74) is 2.30. The minimum Gasteiger partial charge on any atom is -0.384 e. The summed E-state index contributed by atoms with van der Waals surface area (Å²) in [6.07, 6.45) is 2.89. The second kappa shape index (κ2) is 6.23. The van der Waals surface area contributed by atoms with E-state index in [2.05, 4.69) is 34.2 Å². The van der Waals surface area contributed by atoms with Crippen LogP contribution in [-0.2, 0) is 4.79 Å². The first kappa shape index (κ1) is 13.4. The number of aryl methyl sites for hydroxylation is 1. The number of rotatable bonds is 4. The van der Waals surface area contributed by atoms with Gasteiger partial charge in [-0.3, -0.25) is 4.79 Å². The van der Waals surface area contributed by atoms with Crippen LogP contribution < -0.4 is 5.32 Å². The summed E-state index contributed by atoms with van der Waals surface area (Å²) >= 11 is 3.44. The number of amides is 1. The molecule has 1 amide bonds. The SMILES string of the molecule is Cc1cc(Br)ccc1NCCC(=O)N1CCCC1. The Bertz CT molecular complexity index is 428. The highest BCUT2D eigenvalue weighted by atomic mass is 79.9. The lowest BCUT2D eigenvalue weighted by Gasteiger charge is -2.16. The molecule has 0 saturated carbocycles. The van der Waals surface area contributed by atoms with Crippen LogP contribution in [0.2, 0.25) is 0 Å². The molecule has 0 spiro atoms. The number of anilines is 1. The average molecular weight is 311 g/mol. The number of halogens is 1. The number of nitrogens with zero attached hydrogens (tertiary/aromatic N) is 1. The standard InChI is InChI=1S/C14H19BrN2O/c1-11-10-12(15)4-5-13(11)16-7-6-14(18)17-8-2-3-9-17/h4-5,10,16H,2-3,6-9H2,1H3. The van der Waals surface area contributed by atoms with E-state index in [4.69, 9.17) is 0 Å². The van der Waals surface area contributed by atoms with Gasteiger partial charge in [-0.2, -0.15) is 0 Å². The normalized spacial score (nSPS) is 14.9. The number of likely N-dealkylation sites (tertiary alicyclic amines) is 1. The van der Waals surface area contributed by atoms with Crippen LogP contribution in [0.5, 0.6) is 0 Å². The summed E-state index contributed by atoms with van der Waals surface area (Å²) in [7, 11) is 0. The third kappa shape index (κ3) is 3.48. The Hall–Kier alpha value is -1.03. The number of carbonyl (C=O) groups excluding carboxylic acids is 1. The first-order valence-electron chi connectivity index (χ1n) is 6.44. The number of benzene rings is 1. The molecule has 98 valence electrons. The molecule has 2 rings (SSSR count). The zero-order valence-electron chi connectivity index (χ0n) is 10.7. The van der Waals surface area contributed by atoms with Crippen molar-refractivity contribution in [3.63, 3.8) is 0 Å². The van der Waals surface area contributed by atoms with Gasteiger partial charge in [0.05, 0.1) is 0 Å². The topological polar surface area (TPSA) is 32.3 Å². The highest BCUT2D eigenvalue weighted by molar-refractivity contribution is 9.10. The summed E-state index contributed by atoms with van der Waals surface area (Å²) in [5, 5.41) is 3.33. The van der Waals surface area contributed by atoms with Crippen molar-refractivity contribution >= 4 is 27.5 Å². The molecule has 1 fully saturated rings. The number of hydrogen-bond acceptors (Lipinski definition) is 2. The van der Waals surface area contributed by atoms with Crippen molar-refractivity contribution in [3.8, 4) is 0 Å². The Balaban J connectivity index is 1.79. The number of nitrogens with one attached hydrogen (secondary N) is 1. The Morgan fingerprint density at radius 2 is 2.11 bits per heavy atom. The van der Waals surface area contributed by atoms with Crippen LogP contribution in [0.25, 0.3) is 0 Å². The predicted molar refractivity (Wildman–Crippen MR) is 77.8 cm³/mol. The molecular weight excluding hydrogens is 292 g/mol. The van der Waals surface area contributed by atoms with Crippen molar-refractivity contribution in [2.24, 2.45) is 0 Å². The van der Waals surface area contributed by atoms with Gasteiger partial charge in [-0.25, -0.2) is 0 Å². The molecule has 3 nitrogen and oxygen atoms in total. The van der Waals surface area contributed by atoms with E-state index in [1.807, 2.05) is 17.0 Å². The van der Waals surface area contributed by atoms with Crippen LogP contribution >= 0.6 is 15.9 Å². The Kier molecular flexibility index (Phi) is 4.64. The quantitative estimate of drug-likeness (QED) is 0.926. The second-order valence-corrected chi connectivity index (χ2v) is 5.64. The first-order valence-corrected chi connectivity index (χ1v) is 7.24. The summed E-state index contributed by atoms with van der Waals surface area (Å²) in [6.45, 7) is 4.65. The smallest absolute Gasteiger partial charge is 0.224 e. The van der Waals surface area contributed by atoms with Crippen LogP contribution in [0.1, 0.15) is 24.8 Å². The highest BCUT2D eigenvalue weighted by Gasteiger charge is 2.16. The monoisotopic (exact) mass is 310 g/mol. The summed E-state index contributed by atoms with van der Waals surface area (Å²) in [5.74, 6) is 0.273. The molecule has 4 heteroatoms. The summed E-state index contributed by atoms with van der Waals surface area (Å²) in [4.78, 5) is 13.8. The fourth-order valence-electron chi connectivity index (χ4n) is 2.25. The third-order valence-electron chi connectivity index (χ3n) is 3.30. The minimum atomic E-state index is 0.273. The van der Waals surface area contributed by atoms with Crippen LogP contribution in [0, 0.1) is 6.92 Å². The maximum absolute atomic E-state index is 11.9. The van der Waals surface area contributed by atoms with Gasteiger partial charge in [0.1, 0.15) is 0 Å². The zero-order valence-corrected chi connectivity index (χ0v) is 12.3. The van der Waals surface area contributed by atoms with Crippen molar-refractivity contribution in [2.75, 3.05) is 25.0 Å². The highest BCUT2D eigenvalue weighted by Crippen LogP contribution is 2.20. The van der Waals surface area contributed by atoms with Gasteiger partial charge in [0.25, 0.3) is 0 Å².